The maximum absolute atomic E-state index is 12.8. The van der Waals surface area contributed by atoms with Gasteiger partial charge in [-0.05, 0) is 40.6 Å². The molecule has 8 heteroatoms. The van der Waals surface area contributed by atoms with Crippen molar-refractivity contribution in [2.75, 3.05) is 14.2 Å². The summed E-state index contributed by atoms with van der Waals surface area (Å²) in [7, 11) is 3.25. The Morgan fingerprint density at radius 3 is 2.79 bits per heavy atom. The lowest BCUT2D eigenvalue weighted by Crippen LogP contribution is -2.22. The molecular formula is C25H22N4O3S. The van der Waals surface area contributed by atoms with Crippen molar-refractivity contribution in [1.82, 2.24) is 20.1 Å². The number of ether oxygens (including phenoxy) is 2. The largest absolute Gasteiger partial charge is 0.497 e. The molecule has 0 aliphatic carbocycles. The maximum Gasteiger partial charge on any atom is 0.253 e. The van der Waals surface area contributed by atoms with E-state index in [4.69, 9.17) is 9.47 Å². The van der Waals surface area contributed by atoms with Crippen molar-refractivity contribution in [2.45, 2.75) is 13.1 Å². The molecule has 0 radical (unpaired) electrons. The first-order valence-electron chi connectivity index (χ1n) is 10.4. The maximum atomic E-state index is 12.8. The van der Waals surface area contributed by atoms with Crippen LogP contribution in [0.5, 0.6) is 11.5 Å². The lowest BCUT2D eigenvalue weighted by Gasteiger charge is -2.11. The van der Waals surface area contributed by atoms with Crippen molar-refractivity contribution in [3.63, 3.8) is 0 Å². The van der Waals surface area contributed by atoms with Crippen molar-refractivity contribution < 1.29 is 14.3 Å². The van der Waals surface area contributed by atoms with Crippen LogP contribution in [0, 0.1) is 0 Å². The monoisotopic (exact) mass is 458 g/mol. The van der Waals surface area contributed by atoms with E-state index >= 15 is 0 Å². The molecule has 0 saturated heterocycles. The molecule has 5 aromatic rings. The van der Waals surface area contributed by atoms with Gasteiger partial charge in [-0.3, -0.25) is 4.79 Å². The van der Waals surface area contributed by atoms with E-state index in [0.29, 0.717) is 24.3 Å². The van der Waals surface area contributed by atoms with Crippen molar-refractivity contribution in [2.24, 2.45) is 0 Å². The molecule has 166 valence electrons. The second-order valence-electron chi connectivity index (χ2n) is 7.56. The standard InChI is InChI=1S/C25H22N4O3S/c1-31-20-8-7-16(22(10-20)32-2)14-29-24-17(13-28-29)9-18(11-26-24)25(30)27-12-19-15-33-23-6-4-3-5-21(19)23/h3-11,13,15H,12,14H2,1-2H3,(H,27,30). The number of carbonyl (C=O) groups is 1. The second-order valence-corrected chi connectivity index (χ2v) is 8.47. The highest BCUT2D eigenvalue weighted by atomic mass is 32.1. The number of carbonyl (C=O) groups excluding carboxylic acids is 1. The zero-order valence-corrected chi connectivity index (χ0v) is 19.1. The summed E-state index contributed by atoms with van der Waals surface area (Å²) in [5, 5.41) is 11.5. The first-order valence-corrected chi connectivity index (χ1v) is 11.3. The van der Waals surface area contributed by atoms with Gasteiger partial charge in [0.1, 0.15) is 11.5 Å². The third-order valence-corrected chi connectivity index (χ3v) is 6.57. The van der Waals surface area contributed by atoms with Crippen molar-refractivity contribution >= 4 is 38.4 Å². The Labute approximate surface area is 194 Å². The van der Waals surface area contributed by atoms with Crippen LogP contribution in [0.25, 0.3) is 21.1 Å². The quantitative estimate of drug-likeness (QED) is 0.384. The number of amides is 1. The molecule has 0 atom stereocenters. The second kappa shape index (κ2) is 8.91. The lowest BCUT2D eigenvalue weighted by atomic mass is 10.1. The van der Waals surface area contributed by atoms with Crippen LogP contribution in [0.4, 0.5) is 0 Å². The number of benzene rings is 2. The zero-order chi connectivity index (χ0) is 22.8. The molecule has 5 rings (SSSR count). The van der Waals surface area contributed by atoms with Crippen LogP contribution in [-0.4, -0.2) is 34.9 Å². The fraction of sp³-hybridized carbons (Fsp3) is 0.160. The van der Waals surface area contributed by atoms with Crippen LogP contribution in [0.2, 0.25) is 0 Å². The van der Waals surface area contributed by atoms with Gasteiger partial charge in [-0.15, -0.1) is 11.3 Å². The summed E-state index contributed by atoms with van der Waals surface area (Å²) < 4.78 is 13.8. The highest BCUT2D eigenvalue weighted by molar-refractivity contribution is 7.17. The van der Waals surface area contributed by atoms with Crippen LogP contribution in [0.1, 0.15) is 21.5 Å². The number of nitrogens with zero attached hydrogens (tertiary/aromatic N) is 3. The summed E-state index contributed by atoms with van der Waals surface area (Å²) in [5.74, 6) is 1.28. The number of fused-ring (bicyclic) bond motifs is 2. The van der Waals surface area contributed by atoms with Gasteiger partial charge in [-0.2, -0.15) is 5.10 Å². The summed E-state index contributed by atoms with van der Waals surface area (Å²) in [6.07, 6.45) is 3.31. The van der Waals surface area contributed by atoms with Gasteiger partial charge in [-0.1, -0.05) is 18.2 Å². The average Bonchev–Trinajstić information content (AvgIpc) is 3.46. The summed E-state index contributed by atoms with van der Waals surface area (Å²) in [4.78, 5) is 17.3. The number of rotatable bonds is 7. The summed E-state index contributed by atoms with van der Waals surface area (Å²) in [6.45, 7) is 0.956. The predicted octanol–water partition coefficient (Wildman–Crippen LogP) is 4.64. The Kier molecular flexibility index (Phi) is 5.66. The summed E-state index contributed by atoms with van der Waals surface area (Å²) in [6, 6.07) is 15.7. The third kappa shape index (κ3) is 4.12. The van der Waals surface area contributed by atoms with Gasteiger partial charge in [-0.25, -0.2) is 9.67 Å². The summed E-state index contributed by atoms with van der Waals surface area (Å²) >= 11 is 1.68. The summed E-state index contributed by atoms with van der Waals surface area (Å²) in [5.41, 5.74) is 3.27. The Hall–Kier alpha value is -3.91. The van der Waals surface area contributed by atoms with Gasteiger partial charge in [0.05, 0.1) is 32.5 Å². The van der Waals surface area contributed by atoms with E-state index in [0.717, 1.165) is 28.0 Å². The number of nitrogens with one attached hydrogen (secondary N) is 1. The molecule has 0 bridgehead atoms. The first-order chi connectivity index (χ1) is 16.2. The van der Waals surface area contributed by atoms with Crippen molar-refractivity contribution in [3.8, 4) is 11.5 Å². The van der Waals surface area contributed by atoms with Crippen LogP contribution in [0.15, 0.2) is 66.3 Å². The van der Waals surface area contributed by atoms with Crippen LogP contribution >= 0.6 is 11.3 Å². The Morgan fingerprint density at radius 1 is 1.06 bits per heavy atom. The van der Waals surface area contributed by atoms with Gasteiger partial charge < -0.3 is 14.8 Å². The molecule has 0 aliphatic rings. The van der Waals surface area contributed by atoms with Crippen molar-refractivity contribution in [3.05, 3.63) is 83.0 Å². The molecule has 0 saturated carbocycles. The molecule has 0 unspecified atom stereocenters. The molecule has 7 nitrogen and oxygen atoms in total. The lowest BCUT2D eigenvalue weighted by molar-refractivity contribution is 0.0951. The van der Waals surface area contributed by atoms with E-state index in [1.165, 1.54) is 10.1 Å². The van der Waals surface area contributed by atoms with Crippen LogP contribution in [-0.2, 0) is 13.1 Å². The number of pyridine rings is 1. The van der Waals surface area contributed by atoms with E-state index < -0.39 is 0 Å². The van der Waals surface area contributed by atoms with Gasteiger partial charge >= 0.3 is 0 Å². The van der Waals surface area contributed by atoms with Gasteiger partial charge in [0.15, 0.2) is 5.65 Å². The molecule has 1 N–H and O–H groups in total. The van der Waals surface area contributed by atoms with E-state index in [9.17, 15) is 4.79 Å². The first kappa shape index (κ1) is 21.0. The van der Waals surface area contributed by atoms with Crippen LogP contribution in [0.3, 0.4) is 0 Å². The predicted molar refractivity (Wildman–Crippen MR) is 129 cm³/mol. The number of methoxy groups -OCH3 is 2. The van der Waals surface area contributed by atoms with Crippen molar-refractivity contribution in [1.29, 1.82) is 0 Å². The number of thiophene rings is 1. The molecular weight excluding hydrogens is 436 g/mol. The molecule has 3 heterocycles. The smallest absolute Gasteiger partial charge is 0.253 e. The molecule has 1 amide bonds. The number of aromatic nitrogens is 3. The van der Waals surface area contributed by atoms with Gasteiger partial charge in [0, 0.05) is 34.5 Å². The highest BCUT2D eigenvalue weighted by Crippen LogP contribution is 2.27. The molecule has 2 aromatic carbocycles. The molecule has 0 fully saturated rings. The van der Waals surface area contributed by atoms with E-state index in [2.05, 4.69) is 32.9 Å². The Bertz CT molecular complexity index is 1460. The molecule has 0 aliphatic heterocycles. The molecule has 33 heavy (non-hydrogen) atoms. The van der Waals surface area contributed by atoms with Gasteiger partial charge in [0.2, 0.25) is 0 Å². The minimum absolute atomic E-state index is 0.163. The normalized spacial score (nSPS) is 11.1. The number of hydrogen-bond donors (Lipinski definition) is 1. The Balaban J connectivity index is 1.33. The highest BCUT2D eigenvalue weighted by Gasteiger charge is 2.13. The van der Waals surface area contributed by atoms with Crippen LogP contribution < -0.4 is 14.8 Å². The minimum atomic E-state index is -0.163. The fourth-order valence-electron chi connectivity index (χ4n) is 3.80. The topological polar surface area (TPSA) is 78.3 Å². The fourth-order valence-corrected chi connectivity index (χ4v) is 4.77. The van der Waals surface area contributed by atoms with E-state index in [1.54, 1.807) is 42.6 Å². The van der Waals surface area contributed by atoms with E-state index in [-0.39, 0.29) is 5.91 Å². The minimum Gasteiger partial charge on any atom is -0.497 e. The number of hydrogen-bond acceptors (Lipinski definition) is 6. The molecule has 0 spiro atoms. The van der Waals surface area contributed by atoms with E-state index in [1.807, 2.05) is 36.4 Å². The zero-order valence-electron chi connectivity index (χ0n) is 18.2. The van der Waals surface area contributed by atoms with Gasteiger partial charge in [0.25, 0.3) is 5.91 Å². The third-order valence-electron chi connectivity index (χ3n) is 5.55. The average molecular weight is 459 g/mol. The Morgan fingerprint density at radius 2 is 1.94 bits per heavy atom. The SMILES string of the molecule is COc1ccc(Cn2ncc3cc(C(=O)NCc4csc5ccccc45)cnc32)c(OC)c1. The molecule has 3 aromatic heterocycles.